The molecule has 0 saturated heterocycles. The number of amides is 3. The number of rotatable bonds is 10. The highest BCUT2D eigenvalue weighted by atomic mass is 35.5. The molecule has 0 aliphatic heterocycles. The number of carbonyl (C=O) groups is 3. The Kier molecular flexibility index (Phi) is 10.7. The van der Waals surface area contributed by atoms with Gasteiger partial charge >= 0.3 is 0 Å². The Labute approximate surface area is 285 Å². The zero-order valence-corrected chi connectivity index (χ0v) is 27.6. The quantitative estimate of drug-likeness (QED) is 0.109. The highest BCUT2D eigenvalue weighted by Crippen LogP contribution is 2.25. The van der Waals surface area contributed by atoms with Crippen LogP contribution in [0.2, 0.25) is 10.0 Å². The van der Waals surface area contributed by atoms with Crippen LogP contribution in [0, 0.1) is 6.92 Å². The largest absolute Gasteiger partial charge is 0.321 e. The average molecular weight is 687 g/mol. The summed E-state index contributed by atoms with van der Waals surface area (Å²) >= 11 is 13.6. The molecule has 0 radical (unpaired) electrons. The van der Waals surface area contributed by atoms with Crippen LogP contribution in [0.1, 0.15) is 21.6 Å². The van der Waals surface area contributed by atoms with Gasteiger partial charge in [0.05, 0.1) is 17.1 Å². The van der Waals surface area contributed by atoms with Crippen LogP contribution in [0.5, 0.6) is 0 Å². The van der Waals surface area contributed by atoms with Crippen molar-refractivity contribution in [2.75, 3.05) is 16.4 Å². The summed E-state index contributed by atoms with van der Waals surface area (Å²) < 4.78 is 3.19. The summed E-state index contributed by atoms with van der Waals surface area (Å²) in [7, 11) is 1.76. The number of carbonyl (C=O) groups excluding carboxylic acids is 3. The minimum absolute atomic E-state index is 0.0177. The molecule has 47 heavy (non-hydrogen) atoms. The first-order valence-electron chi connectivity index (χ1n) is 14.3. The van der Waals surface area contributed by atoms with Crippen molar-refractivity contribution in [2.45, 2.75) is 11.8 Å². The summed E-state index contributed by atoms with van der Waals surface area (Å²) in [5.41, 5.74) is 2.43. The predicted octanol–water partition coefficient (Wildman–Crippen LogP) is 6.93. The van der Waals surface area contributed by atoms with Crippen LogP contribution in [0.3, 0.4) is 0 Å². The lowest BCUT2D eigenvalue weighted by molar-refractivity contribution is -0.114. The first-order valence-corrected chi connectivity index (χ1v) is 16.1. The highest BCUT2D eigenvalue weighted by Gasteiger charge is 2.19. The van der Waals surface area contributed by atoms with Crippen LogP contribution in [-0.4, -0.2) is 32.8 Å². The summed E-state index contributed by atoms with van der Waals surface area (Å²) in [6.07, 6.45) is 1.47. The van der Waals surface area contributed by atoms with E-state index in [-0.39, 0.29) is 28.6 Å². The van der Waals surface area contributed by atoms with E-state index in [4.69, 9.17) is 23.2 Å². The van der Waals surface area contributed by atoms with E-state index in [1.54, 1.807) is 91.4 Å². The molecule has 0 atom stereocenters. The molecule has 1 heterocycles. The van der Waals surface area contributed by atoms with Crippen molar-refractivity contribution in [1.82, 2.24) is 14.7 Å². The number of nitrogens with zero attached hydrogens (tertiary/aromatic N) is 2. The van der Waals surface area contributed by atoms with Gasteiger partial charge in [0.25, 0.3) is 17.4 Å². The van der Waals surface area contributed by atoms with Gasteiger partial charge in [0.1, 0.15) is 11.4 Å². The van der Waals surface area contributed by atoms with Gasteiger partial charge in [-0.15, -0.1) is 11.8 Å². The van der Waals surface area contributed by atoms with Crippen LogP contribution in [0.25, 0.3) is 11.8 Å². The Morgan fingerprint density at radius 2 is 1.55 bits per heavy atom. The minimum Gasteiger partial charge on any atom is -0.321 e. The topological polar surface area (TPSA) is 114 Å². The van der Waals surface area contributed by atoms with E-state index in [1.807, 2.05) is 30.3 Å². The van der Waals surface area contributed by atoms with Crippen molar-refractivity contribution in [1.29, 1.82) is 0 Å². The number of nitrogens with one attached hydrogen (secondary N) is 3. The SMILES string of the molecule is Cc1c(NC(=O)CSc2cccc(NC(=O)/C(=C\c3ccc(Cl)cc3Cl)NC(=O)c3ccccc3)c2)c(=O)n(-c2ccccc2)n1C. The third kappa shape index (κ3) is 8.23. The van der Waals surface area contributed by atoms with E-state index >= 15 is 0 Å². The molecule has 5 aromatic rings. The van der Waals surface area contributed by atoms with Crippen molar-refractivity contribution in [3.8, 4) is 5.69 Å². The number of hydrogen-bond donors (Lipinski definition) is 3. The molecule has 238 valence electrons. The number of hydrogen-bond acceptors (Lipinski definition) is 5. The summed E-state index contributed by atoms with van der Waals surface area (Å²) in [6, 6.07) is 29.4. The van der Waals surface area contributed by atoms with Crippen molar-refractivity contribution in [3.05, 3.63) is 146 Å². The molecule has 0 fully saturated rings. The van der Waals surface area contributed by atoms with Crippen LogP contribution in [0.15, 0.2) is 119 Å². The third-order valence-electron chi connectivity index (χ3n) is 7.07. The minimum atomic E-state index is -0.588. The maximum absolute atomic E-state index is 13.5. The second-order valence-electron chi connectivity index (χ2n) is 10.3. The summed E-state index contributed by atoms with van der Waals surface area (Å²) in [5, 5.41) is 8.97. The molecular weight excluding hydrogens is 657 g/mol. The maximum atomic E-state index is 13.5. The second kappa shape index (κ2) is 15.0. The van der Waals surface area contributed by atoms with Crippen molar-refractivity contribution in [2.24, 2.45) is 7.05 Å². The number of aromatic nitrogens is 2. The molecule has 12 heteroatoms. The van der Waals surface area contributed by atoms with Crippen molar-refractivity contribution < 1.29 is 14.4 Å². The zero-order chi connectivity index (χ0) is 33.5. The fourth-order valence-electron chi connectivity index (χ4n) is 4.62. The van der Waals surface area contributed by atoms with E-state index in [2.05, 4.69) is 16.0 Å². The molecule has 0 aliphatic carbocycles. The maximum Gasteiger partial charge on any atom is 0.295 e. The van der Waals surface area contributed by atoms with Gasteiger partial charge in [-0.05, 0) is 73.2 Å². The lowest BCUT2D eigenvalue weighted by Gasteiger charge is -2.13. The molecule has 1 aromatic heterocycles. The standard InChI is InChI=1S/C35H29Cl2N5O4S/c1-22-32(35(46)42(41(22)2)27-13-7-4-8-14-27)40-31(43)21-47-28-15-9-12-26(20-28)38-34(45)30(18-24-16-17-25(36)19-29(24)37)39-33(44)23-10-5-3-6-11-23/h3-20H,21H2,1-2H3,(H,38,45)(H,39,44)(H,40,43)/b30-18+. The number of para-hydroxylation sites is 1. The molecule has 4 aromatic carbocycles. The van der Waals surface area contributed by atoms with Gasteiger partial charge in [-0.3, -0.25) is 23.9 Å². The van der Waals surface area contributed by atoms with Crippen LogP contribution >= 0.6 is 35.0 Å². The van der Waals surface area contributed by atoms with Gasteiger partial charge < -0.3 is 16.0 Å². The van der Waals surface area contributed by atoms with Gasteiger partial charge in [0.2, 0.25) is 5.91 Å². The molecule has 0 saturated carbocycles. The molecule has 3 amide bonds. The lowest BCUT2D eigenvalue weighted by Crippen LogP contribution is -2.30. The third-order valence-corrected chi connectivity index (χ3v) is 8.63. The summed E-state index contributed by atoms with van der Waals surface area (Å²) in [4.78, 5) is 53.2. The van der Waals surface area contributed by atoms with Gasteiger partial charge in [-0.25, -0.2) is 4.68 Å². The molecular formula is C35H29Cl2N5O4S. The van der Waals surface area contributed by atoms with Gasteiger partial charge in [-0.2, -0.15) is 0 Å². The lowest BCUT2D eigenvalue weighted by atomic mass is 10.1. The second-order valence-corrected chi connectivity index (χ2v) is 12.2. The fraction of sp³-hybridized carbons (Fsp3) is 0.0857. The molecule has 9 nitrogen and oxygen atoms in total. The number of benzene rings is 4. The van der Waals surface area contributed by atoms with Crippen LogP contribution in [0.4, 0.5) is 11.4 Å². The Balaban J connectivity index is 1.28. The summed E-state index contributed by atoms with van der Waals surface area (Å²) in [5.74, 6) is -1.40. The Morgan fingerprint density at radius 1 is 0.851 bits per heavy atom. The van der Waals surface area contributed by atoms with Crippen LogP contribution in [-0.2, 0) is 16.6 Å². The van der Waals surface area contributed by atoms with E-state index in [1.165, 1.54) is 22.5 Å². The number of halogens is 2. The Bertz CT molecular complexity index is 2040. The van der Waals surface area contributed by atoms with Gasteiger partial charge in [0.15, 0.2) is 0 Å². The van der Waals surface area contributed by atoms with E-state index in [9.17, 15) is 19.2 Å². The van der Waals surface area contributed by atoms with Crippen molar-refractivity contribution in [3.63, 3.8) is 0 Å². The van der Waals surface area contributed by atoms with Crippen molar-refractivity contribution >= 4 is 70.1 Å². The monoisotopic (exact) mass is 685 g/mol. The molecule has 0 aliphatic rings. The van der Waals surface area contributed by atoms with Gasteiger partial charge in [0, 0.05) is 33.2 Å². The van der Waals surface area contributed by atoms with E-state index in [0.717, 1.165) is 0 Å². The van der Waals surface area contributed by atoms with Gasteiger partial charge in [-0.1, -0.05) is 71.7 Å². The smallest absolute Gasteiger partial charge is 0.295 e. The highest BCUT2D eigenvalue weighted by molar-refractivity contribution is 8.00. The van der Waals surface area contributed by atoms with E-state index in [0.29, 0.717) is 43.1 Å². The first-order chi connectivity index (χ1) is 22.6. The first kappa shape index (κ1) is 33.3. The summed E-state index contributed by atoms with van der Waals surface area (Å²) in [6.45, 7) is 1.77. The normalized spacial score (nSPS) is 11.2. The van der Waals surface area contributed by atoms with Crippen LogP contribution < -0.4 is 21.5 Å². The average Bonchev–Trinajstić information content (AvgIpc) is 3.28. The predicted molar refractivity (Wildman–Crippen MR) is 189 cm³/mol. The Morgan fingerprint density at radius 3 is 2.26 bits per heavy atom. The zero-order valence-electron chi connectivity index (χ0n) is 25.3. The molecule has 0 spiro atoms. The fourth-order valence-corrected chi connectivity index (χ4v) is 5.83. The molecule has 3 N–H and O–H groups in total. The molecule has 0 unspecified atom stereocenters. The van der Waals surface area contributed by atoms with E-state index < -0.39 is 11.8 Å². The molecule has 5 rings (SSSR count). The Hall–Kier alpha value is -5.03. The number of anilines is 2. The molecule has 0 bridgehead atoms. The number of thioether (sulfide) groups is 1.